The zero-order chi connectivity index (χ0) is 14.2. The van der Waals surface area contributed by atoms with E-state index in [1.807, 2.05) is 30.3 Å². The van der Waals surface area contributed by atoms with Crippen molar-refractivity contribution in [2.75, 3.05) is 0 Å². The van der Waals surface area contributed by atoms with Gasteiger partial charge in [-0.1, -0.05) is 23.4 Å². The molecule has 5 nitrogen and oxygen atoms in total. The van der Waals surface area contributed by atoms with Crippen molar-refractivity contribution in [3.8, 4) is 11.6 Å². The van der Waals surface area contributed by atoms with Crippen molar-refractivity contribution in [3.63, 3.8) is 0 Å². The molecule has 0 bridgehead atoms. The molecule has 0 aliphatic heterocycles. The van der Waals surface area contributed by atoms with Crippen LogP contribution in [0.5, 0.6) is 0 Å². The summed E-state index contributed by atoms with van der Waals surface area (Å²) in [5, 5.41) is 5.11. The molecular weight excluding hydrogens is 266 g/mol. The van der Waals surface area contributed by atoms with E-state index in [1.165, 1.54) is 0 Å². The topological polar surface area (TPSA) is 78.1 Å². The zero-order valence-corrected chi connectivity index (χ0v) is 11.7. The first kappa shape index (κ1) is 12.6. The molecule has 0 saturated heterocycles. The SMILES string of the molecule is NC1CCC(c2nc(-c3cc4ccccc4o3)no2)CC1. The molecule has 2 aromatic heterocycles. The summed E-state index contributed by atoms with van der Waals surface area (Å²) in [6.45, 7) is 0. The number of nitrogens with zero attached hydrogens (tertiary/aromatic N) is 2. The van der Waals surface area contributed by atoms with Crippen LogP contribution in [-0.4, -0.2) is 16.2 Å². The van der Waals surface area contributed by atoms with Crippen LogP contribution in [0.4, 0.5) is 0 Å². The lowest BCUT2D eigenvalue weighted by Gasteiger charge is -2.22. The maximum Gasteiger partial charge on any atom is 0.238 e. The molecule has 1 aromatic carbocycles. The van der Waals surface area contributed by atoms with E-state index in [2.05, 4.69) is 10.1 Å². The van der Waals surface area contributed by atoms with Crippen molar-refractivity contribution in [1.29, 1.82) is 0 Å². The van der Waals surface area contributed by atoms with Crippen molar-refractivity contribution < 1.29 is 8.94 Å². The molecule has 1 aliphatic carbocycles. The fourth-order valence-corrected chi connectivity index (χ4v) is 2.96. The van der Waals surface area contributed by atoms with Crippen molar-refractivity contribution in [2.45, 2.75) is 37.6 Å². The molecule has 0 radical (unpaired) electrons. The Morgan fingerprint density at radius 3 is 2.71 bits per heavy atom. The minimum atomic E-state index is 0.319. The van der Waals surface area contributed by atoms with Crippen molar-refractivity contribution in [3.05, 3.63) is 36.2 Å². The summed E-state index contributed by atoms with van der Waals surface area (Å²) in [4.78, 5) is 4.51. The number of benzene rings is 1. The van der Waals surface area contributed by atoms with Crippen LogP contribution in [0.2, 0.25) is 0 Å². The molecule has 5 heteroatoms. The molecule has 0 spiro atoms. The van der Waals surface area contributed by atoms with Gasteiger partial charge in [-0.15, -0.1) is 0 Å². The van der Waals surface area contributed by atoms with E-state index in [9.17, 15) is 0 Å². The number of furan rings is 1. The molecule has 2 heterocycles. The normalized spacial score (nSPS) is 22.7. The van der Waals surface area contributed by atoms with Gasteiger partial charge in [-0.25, -0.2) is 0 Å². The largest absolute Gasteiger partial charge is 0.453 e. The zero-order valence-electron chi connectivity index (χ0n) is 11.7. The highest BCUT2D eigenvalue weighted by molar-refractivity contribution is 5.81. The second kappa shape index (κ2) is 5.00. The lowest BCUT2D eigenvalue weighted by Crippen LogP contribution is -2.25. The van der Waals surface area contributed by atoms with Gasteiger partial charge in [0.25, 0.3) is 0 Å². The van der Waals surface area contributed by atoms with Crippen molar-refractivity contribution in [2.24, 2.45) is 5.73 Å². The second-order valence-corrected chi connectivity index (χ2v) is 5.72. The summed E-state index contributed by atoms with van der Waals surface area (Å²) in [5.41, 5.74) is 6.77. The maximum atomic E-state index is 5.93. The molecule has 1 aliphatic rings. The van der Waals surface area contributed by atoms with Gasteiger partial charge in [0.15, 0.2) is 5.76 Å². The monoisotopic (exact) mass is 283 g/mol. The van der Waals surface area contributed by atoms with Gasteiger partial charge in [-0.2, -0.15) is 4.98 Å². The van der Waals surface area contributed by atoms with Crippen LogP contribution in [-0.2, 0) is 0 Å². The van der Waals surface area contributed by atoms with Gasteiger partial charge in [-0.05, 0) is 37.8 Å². The standard InChI is InChI=1S/C16H17N3O2/c17-12-7-5-10(6-8-12)16-18-15(19-21-16)14-9-11-3-1-2-4-13(11)20-14/h1-4,9-10,12H,5-8,17H2. The molecule has 1 saturated carbocycles. The fraction of sp³-hybridized carbons (Fsp3) is 0.375. The Balaban J connectivity index is 1.61. The highest BCUT2D eigenvalue weighted by atomic mass is 16.5. The molecule has 0 amide bonds. The van der Waals surface area contributed by atoms with E-state index in [-0.39, 0.29) is 0 Å². The average molecular weight is 283 g/mol. The minimum Gasteiger partial charge on any atom is -0.453 e. The van der Waals surface area contributed by atoms with Crippen molar-refractivity contribution >= 4 is 11.0 Å². The fourth-order valence-electron chi connectivity index (χ4n) is 2.96. The number of fused-ring (bicyclic) bond motifs is 1. The Bertz CT molecular complexity index is 721. The minimum absolute atomic E-state index is 0.319. The van der Waals surface area contributed by atoms with Gasteiger partial charge >= 0.3 is 0 Å². The third-order valence-electron chi connectivity index (χ3n) is 4.21. The first-order chi connectivity index (χ1) is 10.3. The molecule has 4 rings (SSSR count). The summed E-state index contributed by atoms with van der Waals surface area (Å²) in [5.74, 6) is 2.21. The third-order valence-corrected chi connectivity index (χ3v) is 4.21. The van der Waals surface area contributed by atoms with Gasteiger partial charge in [0, 0.05) is 17.3 Å². The third kappa shape index (κ3) is 2.34. The predicted octanol–water partition coefficient (Wildman–Crippen LogP) is 3.47. The van der Waals surface area contributed by atoms with Crippen LogP contribution in [0, 0.1) is 0 Å². The number of hydrogen-bond acceptors (Lipinski definition) is 5. The molecule has 2 N–H and O–H groups in total. The molecule has 3 aromatic rings. The summed E-state index contributed by atoms with van der Waals surface area (Å²) in [6, 6.07) is 10.1. The summed E-state index contributed by atoms with van der Waals surface area (Å²) in [7, 11) is 0. The number of aromatic nitrogens is 2. The number of rotatable bonds is 2. The van der Waals surface area contributed by atoms with Gasteiger partial charge in [0.05, 0.1) is 0 Å². The van der Waals surface area contributed by atoms with E-state index in [0.29, 0.717) is 29.4 Å². The van der Waals surface area contributed by atoms with Gasteiger partial charge in [0.2, 0.25) is 11.7 Å². The Labute approximate surface area is 122 Å². The predicted molar refractivity (Wildman–Crippen MR) is 78.7 cm³/mol. The van der Waals surface area contributed by atoms with Crippen LogP contribution >= 0.6 is 0 Å². The molecule has 1 fully saturated rings. The van der Waals surface area contributed by atoms with E-state index in [0.717, 1.165) is 36.7 Å². The summed E-state index contributed by atoms with van der Waals surface area (Å²) in [6.07, 6.45) is 4.08. The molecule has 21 heavy (non-hydrogen) atoms. The molecule has 108 valence electrons. The second-order valence-electron chi connectivity index (χ2n) is 5.72. The number of para-hydroxylation sites is 1. The van der Waals surface area contributed by atoms with Gasteiger partial charge in [0.1, 0.15) is 5.58 Å². The first-order valence-electron chi connectivity index (χ1n) is 7.38. The summed E-state index contributed by atoms with van der Waals surface area (Å²) < 4.78 is 11.2. The van der Waals surface area contributed by atoms with Crippen molar-refractivity contribution in [1.82, 2.24) is 10.1 Å². The molecule has 0 atom stereocenters. The Morgan fingerprint density at radius 2 is 1.90 bits per heavy atom. The van der Waals surface area contributed by atoms with E-state index >= 15 is 0 Å². The van der Waals surface area contributed by atoms with E-state index in [1.54, 1.807) is 0 Å². The summed E-state index contributed by atoms with van der Waals surface area (Å²) >= 11 is 0. The number of nitrogens with two attached hydrogens (primary N) is 1. The Kier molecular flexibility index (Phi) is 3.00. The molecule has 0 unspecified atom stereocenters. The van der Waals surface area contributed by atoms with Crippen LogP contribution in [0.15, 0.2) is 39.3 Å². The van der Waals surface area contributed by atoms with Gasteiger partial charge < -0.3 is 14.7 Å². The van der Waals surface area contributed by atoms with Crippen LogP contribution in [0.3, 0.4) is 0 Å². The van der Waals surface area contributed by atoms with Crippen LogP contribution in [0.25, 0.3) is 22.6 Å². The highest BCUT2D eigenvalue weighted by Gasteiger charge is 2.25. The smallest absolute Gasteiger partial charge is 0.238 e. The van der Waals surface area contributed by atoms with E-state index in [4.69, 9.17) is 14.7 Å². The first-order valence-corrected chi connectivity index (χ1v) is 7.38. The van der Waals surface area contributed by atoms with Gasteiger partial charge in [-0.3, -0.25) is 0 Å². The average Bonchev–Trinajstić information content (AvgIpc) is 3.14. The Morgan fingerprint density at radius 1 is 1.10 bits per heavy atom. The lowest BCUT2D eigenvalue weighted by atomic mass is 9.86. The lowest BCUT2D eigenvalue weighted by molar-refractivity contribution is 0.301. The highest BCUT2D eigenvalue weighted by Crippen LogP contribution is 2.33. The quantitative estimate of drug-likeness (QED) is 0.779. The maximum absolute atomic E-state index is 5.93. The van der Waals surface area contributed by atoms with Crippen LogP contribution in [0.1, 0.15) is 37.5 Å². The van der Waals surface area contributed by atoms with Crippen LogP contribution < -0.4 is 5.73 Å². The van der Waals surface area contributed by atoms with E-state index < -0.39 is 0 Å². The Hall–Kier alpha value is -2.14. The molecular formula is C16H17N3O2. The number of hydrogen-bond donors (Lipinski definition) is 1.